The molecule has 0 atom stereocenters. The Morgan fingerprint density at radius 2 is 1.89 bits per heavy atom. The van der Waals surface area contributed by atoms with E-state index in [0.29, 0.717) is 5.02 Å². The summed E-state index contributed by atoms with van der Waals surface area (Å²) in [5.74, 6) is -0.116. The maximum absolute atomic E-state index is 11.7. The number of halogens is 1. The van der Waals surface area contributed by atoms with Gasteiger partial charge in [0.1, 0.15) is 6.54 Å². The van der Waals surface area contributed by atoms with Gasteiger partial charge in [0.2, 0.25) is 5.91 Å². The van der Waals surface area contributed by atoms with Crippen molar-refractivity contribution < 1.29 is 4.79 Å². The molecule has 1 aliphatic heterocycles. The van der Waals surface area contributed by atoms with E-state index in [4.69, 9.17) is 11.6 Å². The van der Waals surface area contributed by atoms with Gasteiger partial charge in [0.25, 0.3) is 0 Å². The third-order valence-electron chi connectivity index (χ3n) is 2.94. The zero-order valence-corrected chi connectivity index (χ0v) is 10.8. The first-order valence-corrected chi connectivity index (χ1v) is 6.31. The van der Waals surface area contributed by atoms with Crippen molar-refractivity contribution in [3.05, 3.63) is 64.7 Å². The van der Waals surface area contributed by atoms with Crippen LogP contribution in [0.1, 0.15) is 11.1 Å². The van der Waals surface area contributed by atoms with Gasteiger partial charge in [-0.15, -0.1) is 0 Å². The van der Waals surface area contributed by atoms with Crippen LogP contribution in [-0.4, -0.2) is 18.2 Å². The van der Waals surface area contributed by atoms with Crippen molar-refractivity contribution in [3.63, 3.8) is 0 Å². The van der Waals surface area contributed by atoms with Crippen molar-refractivity contribution in [1.82, 2.24) is 0 Å². The number of aliphatic imine (C=N–C) groups is 1. The van der Waals surface area contributed by atoms with Crippen molar-refractivity contribution in [1.29, 1.82) is 0 Å². The number of nitrogens with zero attached hydrogens (tertiary/aromatic N) is 1. The Labute approximate surface area is 115 Å². The van der Waals surface area contributed by atoms with E-state index in [1.807, 2.05) is 36.4 Å². The minimum atomic E-state index is -0.116. The van der Waals surface area contributed by atoms with Gasteiger partial charge in [-0.05, 0) is 18.2 Å². The van der Waals surface area contributed by atoms with Crippen LogP contribution < -0.4 is 5.32 Å². The number of nitrogens with one attached hydrogen (secondary N) is 1. The van der Waals surface area contributed by atoms with E-state index in [2.05, 4.69) is 10.3 Å². The molecule has 19 heavy (non-hydrogen) atoms. The lowest BCUT2D eigenvalue weighted by molar-refractivity contribution is -0.114. The second-order valence-corrected chi connectivity index (χ2v) is 4.71. The molecule has 0 spiro atoms. The number of fused-ring (bicyclic) bond motifs is 1. The predicted molar refractivity (Wildman–Crippen MR) is 77.0 cm³/mol. The van der Waals surface area contributed by atoms with Crippen LogP contribution >= 0.6 is 11.6 Å². The van der Waals surface area contributed by atoms with Gasteiger partial charge in [-0.1, -0.05) is 41.9 Å². The highest BCUT2D eigenvalue weighted by Gasteiger charge is 2.17. The predicted octanol–water partition coefficient (Wildman–Crippen LogP) is 3.13. The number of anilines is 1. The number of carbonyl (C=O) groups is 1. The summed E-state index contributed by atoms with van der Waals surface area (Å²) >= 11 is 6.05. The maximum Gasteiger partial charge on any atom is 0.246 e. The first-order valence-electron chi connectivity index (χ1n) is 5.94. The fraction of sp³-hybridized carbons (Fsp3) is 0.0667. The van der Waals surface area contributed by atoms with E-state index >= 15 is 0 Å². The molecule has 1 N–H and O–H groups in total. The average Bonchev–Trinajstić information content (AvgIpc) is 2.58. The van der Waals surface area contributed by atoms with Crippen LogP contribution in [0.3, 0.4) is 0 Å². The monoisotopic (exact) mass is 276 g/mol. The molecule has 0 bridgehead atoms. The largest absolute Gasteiger partial charge is 0.324 e. The second kappa shape index (κ2) is 4.86. The lowest BCUT2D eigenvalue weighted by atomic mass is 10.3. The molecule has 2 aromatic carbocycles. The van der Waals surface area contributed by atoms with Crippen LogP contribution in [0.2, 0.25) is 5.02 Å². The van der Waals surface area contributed by atoms with Crippen LogP contribution in [-0.2, 0) is 4.79 Å². The van der Waals surface area contributed by atoms with Crippen LogP contribution in [0.25, 0.3) is 0 Å². The lowest BCUT2D eigenvalue weighted by Crippen LogP contribution is -2.13. The molecule has 1 heterocycles. The third-order valence-corrected chi connectivity index (χ3v) is 3.17. The normalized spacial score (nSPS) is 14.2. The number of benzodiazepines with no additional fused rings is 1. The molecule has 3 rings (SSSR count). The fourth-order valence-corrected chi connectivity index (χ4v) is 2.26. The van der Waals surface area contributed by atoms with E-state index in [0.717, 1.165) is 22.5 Å². The van der Waals surface area contributed by atoms with E-state index in [1.165, 1.54) is 0 Å². The quantitative estimate of drug-likeness (QED) is 0.799. The Kier molecular flexibility index (Phi) is 3.05. The average molecular weight is 277 g/mol. The number of hydrogen-bond acceptors (Lipinski definition) is 2. The molecule has 2 aromatic rings. The Bertz CT molecular complexity index is 665. The Hall–Kier alpha value is -2.13. The summed E-state index contributed by atoms with van der Waals surface area (Å²) in [5.41, 5.74) is 3.36. The highest BCUT2D eigenvalue weighted by molar-refractivity contribution is 6.31. The molecular formula is C15H11ClN2O. The van der Waals surface area contributed by atoms with Crippen molar-refractivity contribution >= 4 is 28.9 Å². The summed E-state index contributed by atoms with van der Waals surface area (Å²) in [5, 5.41) is 3.46. The Morgan fingerprint density at radius 1 is 1.11 bits per heavy atom. The molecular weight excluding hydrogens is 266 g/mol. The second-order valence-electron chi connectivity index (χ2n) is 4.27. The van der Waals surface area contributed by atoms with Gasteiger partial charge in [0.15, 0.2) is 0 Å². The number of carbonyl (C=O) groups excluding carboxylic acids is 1. The summed E-state index contributed by atoms with van der Waals surface area (Å²) in [6.07, 6.45) is 0. The summed E-state index contributed by atoms with van der Waals surface area (Å²) < 4.78 is 0. The van der Waals surface area contributed by atoms with Gasteiger partial charge in [0, 0.05) is 16.1 Å². The van der Waals surface area contributed by atoms with E-state index in [-0.39, 0.29) is 12.5 Å². The number of rotatable bonds is 1. The molecule has 0 unspecified atom stereocenters. The Morgan fingerprint density at radius 3 is 2.68 bits per heavy atom. The minimum absolute atomic E-state index is 0.116. The lowest BCUT2D eigenvalue weighted by Gasteiger charge is -2.10. The minimum Gasteiger partial charge on any atom is -0.324 e. The number of benzene rings is 2. The molecule has 1 aliphatic rings. The Balaban J connectivity index is 2.20. The zero-order chi connectivity index (χ0) is 13.2. The summed E-state index contributed by atoms with van der Waals surface area (Å²) in [4.78, 5) is 16.1. The van der Waals surface area contributed by atoms with E-state index in [9.17, 15) is 4.79 Å². The number of hydrogen-bond donors (Lipinski definition) is 1. The van der Waals surface area contributed by atoms with Crippen LogP contribution in [0, 0.1) is 0 Å². The van der Waals surface area contributed by atoms with Crippen LogP contribution in [0.15, 0.2) is 53.5 Å². The van der Waals surface area contributed by atoms with Gasteiger partial charge in [-0.2, -0.15) is 0 Å². The molecule has 0 aromatic heterocycles. The fourth-order valence-electron chi connectivity index (χ4n) is 2.09. The molecule has 94 valence electrons. The third kappa shape index (κ3) is 2.37. The molecule has 1 amide bonds. The maximum atomic E-state index is 11.7. The van der Waals surface area contributed by atoms with Crippen molar-refractivity contribution in [2.75, 3.05) is 11.9 Å². The van der Waals surface area contributed by atoms with Crippen molar-refractivity contribution in [2.24, 2.45) is 4.99 Å². The summed E-state index contributed by atoms with van der Waals surface area (Å²) in [7, 11) is 0. The summed E-state index contributed by atoms with van der Waals surface area (Å²) in [6, 6.07) is 15.2. The molecule has 0 radical (unpaired) electrons. The van der Waals surface area contributed by atoms with Gasteiger partial charge in [-0.25, -0.2) is 0 Å². The van der Waals surface area contributed by atoms with Gasteiger partial charge >= 0.3 is 0 Å². The molecule has 0 saturated carbocycles. The van der Waals surface area contributed by atoms with E-state index < -0.39 is 0 Å². The highest BCUT2D eigenvalue weighted by atomic mass is 35.5. The zero-order valence-electron chi connectivity index (χ0n) is 10.1. The topological polar surface area (TPSA) is 41.5 Å². The van der Waals surface area contributed by atoms with E-state index in [1.54, 1.807) is 12.1 Å². The van der Waals surface area contributed by atoms with Crippen LogP contribution in [0.5, 0.6) is 0 Å². The van der Waals surface area contributed by atoms with Crippen molar-refractivity contribution in [2.45, 2.75) is 0 Å². The standard InChI is InChI=1S/C15H11ClN2O/c16-11-6-7-13-12(8-11)15(17-9-14(19)18-13)10-4-2-1-3-5-10/h1-8H,9H2,(H,18,19)/i8+1,9+1,11+1,12+1,14+1,15+1. The molecule has 0 saturated heterocycles. The van der Waals surface area contributed by atoms with Gasteiger partial charge in [0.05, 0.1) is 11.4 Å². The number of amides is 1. The van der Waals surface area contributed by atoms with Crippen molar-refractivity contribution in [3.8, 4) is 0 Å². The first kappa shape index (κ1) is 11.9. The molecule has 4 heteroatoms. The smallest absolute Gasteiger partial charge is 0.246 e. The van der Waals surface area contributed by atoms with Gasteiger partial charge in [-0.3, -0.25) is 9.79 Å². The highest BCUT2D eigenvalue weighted by Crippen LogP contribution is 2.25. The molecule has 0 fully saturated rings. The summed E-state index contributed by atoms with van der Waals surface area (Å²) in [6.45, 7) is 0.122. The molecule has 0 aliphatic carbocycles. The van der Waals surface area contributed by atoms with Gasteiger partial charge < -0.3 is 5.32 Å². The van der Waals surface area contributed by atoms with Crippen LogP contribution in [0.4, 0.5) is 5.69 Å². The first-order chi connectivity index (χ1) is 9.24. The molecule has 3 nitrogen and oxygen atoms in total. The SMILES string of the molecule is O=[13C]1[13CH2]N=[13C](c2ccccc2)[13c]2[13cH][13c](Cl)ccc2N1.